The van der Waals surface area contributed by atoms with Gasteiger partial charge in [0, 0.05) is 0 Å². The first-order chi connectivity index (χ1) is 6.41. The highest BCUT2D eigenvalue weighted by atomic mass is 31.2. The smallest absolute Gasteiger partial charge is 0.394 e. The second-order valence-electron chi connectivity index (χ2n) is 1.74. The number of aliphatic hydroxyl groups excluding tert-OH is 2. The second kappa shape index (κ2) is 11.0. The Bertz CT molecular complexity index is 134. The molecule has 0 fully saturated rings. The molecule has 0 aliphatic rings. The number of phosphoric acid groups is 1. The maximum Gasteiger partial charge on any atom is 0.466 e. The molecule has 0 aromatic rings. The fraction of sp³-hybridized carbons (Fsp3) is 1.00. The van der Waals surface area contributed by atoms with Gasteiger partial charge in [-0.3, -0.25) is 9.68 Å². The monoisotopic (exact) mass is 235 g/mol. The van der Waals surface area contributed by atoms with Crippen LogP contribution in [0.15, 0.2) is 0 Å². The van der Waals surface area contributed by atoms with E-state index in [2.05, 4.69) is 15.3 Å². The summed E-state index contributed by atoms with van der Waals surface area (Å²) in [5.41, 5.74) is 2.07. The first kappa shape index (κ1) is 16.3. The Kier molecular flexibility index (Phi) is 12.8. The van der Waals surface area contributed by atoms with Gasteiger partial charge in [0.25, 0.3) is 0 Å². The third kappa shape index (κ3) is 40.6. The molecule has 0 bridgehead atoms. The summed E-state index contributed by atoms with van der Waals surface area (Å²) in [7, 11) is -4.64. The number of hydrogen-bond acceptors (Lipinski definition) is 6. The van der Waals surface area contributed by atoms with Gasteiger partial charge in [0.05, 0.1) is 26.4 Å². The van der Waals surface area contributed by atoms with Crippen LogP contribution in [0.5, 0.6) is 0 Å². The van der Waals surface area contributed by atoms with Crippen LogP contribution in [0.2, 0.25) is 0 Å². The van der Waals surface area contributed by atoms with Crippen LogP contribution in [0, 0.1) is 0 Å². The molecule has 0 unspecified atom stereocenters. The summed E-state index contributed by atoms with van der Waals surface area (Å²) in [5.74, 6) is 0. The summed E-state index contributed by atoms with van der Waals surface area (Å²) >= 11 is 0. The van der Waals surface area contributed by atoms with Crippen LogP contribution in [0.3, 0.4) is 0 Å². The molecule has 0 aromatic heterocycles. The summed E-state index contributed by atoms with van der Waals surface area (Å²) < 4.78 is 8.88. The average Bonchev–Trinajstić information content (AvgIpc) is 2.01. The van der Waals surface area contributed by atoms with Crippen LogP contribution in [0.4, 0.5) is 0 Å². The molecule has 0 atom stereocenters. The van der Waals surface area contributed by atoms with Gasteiger partial charge in [0.15, 0.2) is 0 Å². The minimum absolute atomic E-state index is 0.0600. The van der Waals surface area contributed by atoms with E-state index in [4.69, 9.17) is 29.5 Å². The molecule has 0 saturated carbocycles. The second-order valence-corrected chi connectivity index (χ2v) is 2.77. The van der Waals surface area contributed by atoms with Crippen molar-refractivity contribution in [1.82, 2.24) is 5.64 Å². The lowest BCUT2D eigenvalue weighted by Gasteiger charge is -2.01. The van der Waals surface area contributed by atoms with E-state index >= 15 is 0 Å². The molecule has 0 amide bonds. The molecule has 6 N–H and O–H groups in total. The molecule has 0 rings (SSSR count). The molecule has 0 aliphatic carbocycles. The standard InChI is InChI=1S/C4H11NO4.H3O4P/c6-1-3-8-5-9-4-2-7;1-5(2,3)4/h5-7H,1-4H2;(H3,1,2,3,4). The van der Waals surface area contributed by atoms with E-state index in [-0.39, 0.29) is 26.4 Å². The van der Waals surface area contributed by atoms with Gasteiger partial charge < -0.3 is 24.9 Å². The van der Waals surface area contributed by atoms with Gasteiger partial charge in [0.2, 0.25) is 0 Å². The maximum absolute atomic E-state index is 8.88. The van der Waals surface area contributed by atoms with E-state index in [0.29, 0.717) is 0 Å². The zero-order valence-corrected chi connectivity index (χ0v) is 8.13. The molecule has 88 valence electrons. The van der Waals surface area contributed by atoms with Gasteiger partial charge in [0.1, 0.15) is 0 Å². The van der Waals surface area contributed by atoms with Gasteiger partial charge in [-0.05, 0) is 0 Å². The third-order valence-corrected chi connectivity index (χ3v) is 0.505. The largest absolute Gasteiger partial charge is 0.466 e. The van der Waals surface area contributed by atoms with Crippen molar-refractivity contribution in [2.75, 3.05) is 26.4 Å². The van der Waals surface area contributed by atoms with Gasteiger partial charge in [-0.2, -0.15) is 0 Å². The fourth-order valence-electron chi connectivity index (χ4n) is 0.216. The molecule has 0 saturated heterocycles. The molecular formula is C4H14NO8P. The number of rotatable bonds is 6. The third-order valence-electron chi connectivity index (χ3n) is 0.505. The zero-order chi connectivity index (χ0) is 11.4. The minimum atomic E-state index is -4.64. The Morgan fingerprint density at radius 2 is 1.29 bits per heavy atom. The van der Waals surface area contributed by atoms with Crippen molar-refractivity contribution in [3.05, 3.63) is 0 Å². The molecule has 0 radical (unpaired) electrons. The van der Waals surface area contributed by atoms with E-state index < -0.39 is 7.82 Å². The zero-order valence-electron chi connectivity index (χ0n) is 7.24. The Morgan fingerprint density at radius 1 is 1.00 bits per heavy atom. The van der Waals surface area contributed by atoms with Gasteiger partial charge in [-0.25, -0.2) is 4.57 Å². The van der Waals surface area contributed by atoms with Crippen LogP contribution in [-0.4, -0.2) is 51.3 Å². The predicted octanol–water partition coefficient (Wildman–Crippen LogP) is -2.50. The molecule has 10 heteroatoms. The minimum Gasteiger partial charge on any atom is -0.394 e. The predicted molar refractivity (Wildman–Crippen MR) is 43.5 cm³/mol. The van der Waals surface area contributed by atoms with Crippen molar-refractivity contribution in [2.24, 2.45) is 0 Å². The highest BCUT2D eigenvalue weighted by Gasteiger charge is 2.00. The normalized spacial score (nSPS) is 10.6. The summed E-state index contributed by atoms with van der Waals surface area (Å²) in [5, 5.41) is 16.3. The van der Waals surface area contributed by atoms with E-state index in [1.807, 2.05) is 0 Å². The van der Waals surface area contributed by atoms with E-state index in [0.717, 1.165) is 0 Å². The maximum atomic E-state index is 8.88. The van der Waals surface area contributed by atoms with Gasteiger partial charge in [-0.1, -0.05) is 5.64 Å². The van der Waals surface area contributed by atoms with Crippen molar-refractivity contribution < 1.29 is 39.1 Å². The van der Waals surface area contributed by atoms with Crippen molar-refractivity contribution in [3.8, 4) is 0 Å². The van der Waals surface area contributed by atoms with Crippen LogP contribution in [0.1, 0.15) is 0 Å². The first-order valence-corrected chi connectivity index (χ1v) is 4.97. The van der Waals surface area contributed by atoms with Crippen molar-refractivity contribution >= 4 is 7.82 Å². The summed E-state index contributed by atoms with van der Waals surface area (Å²) in [6.07, 6.45) is 0. The molecule has 0 spiro atoms. The molecular weight excluding hydrogens is 221 g/mol. The molecule has 9 nitrogen and oxygen atoms in total. The van der Waals surface area contributed by atoms with Crippen LogP contribution in [-0.2, 0) is 14.2 Å². The average molecular weight is 235 g/mol. The summed E-state index contributed by atoms with van der Waals surface area (Å²) in [6.45, 7) is 0.224. The molecule has 0 aliphatic heterocycles. The highest BCUT2D eigenvalue weighted by Crippen LogP contribution is 2.25. The lowest BCUT2D eigenvalue weighted by atomic mass is 10.8. The summed E-state index contributed by atoms with van der Waals surface area (Å²) in [4.78, 5) is 30.5. The fourth-order valence-corrected chi connectivity index (χ4v) is 0.216. The molecule has 0 aromatic carbocycles. The Hall–Kier alpha value is -0.0900. The van der Waals surface area contributed by atoms with Gasteiger partial charge >= 0.3 is 7.82 Å². The van der Waals surface area contributed by atoms with Crippen LogP contribution < -0.4 is 5.64 Å². The van der Waals surface area contributed by atoms with Crippen molar-refractivity contribution in [2.45, 2.75) is 0 Å². The van der Waals surface area contributed by atoms with E-state index in [1.165, 1.54) is 0 Å². The lowest BCUT2D eigenvalue weighted by molar-refractivity contribution is -0.178. The SMILES string of the molecule is O=P(O)(O)O.OCCONOCCO. The quantitative estimate of drug-likeness (QED) is 0.167. The highest BCUT2D eigenvalue weighted by molar-refractivity contribution is 7.45. The number of aliphatic hydroxyl groups is 2. The molecule has 0 heterocycles. The number of hydrogen-bond donors (Lipinski definition) is 6. The van der Waals surface area contributed by atoms with Gasteiger partial charge in [-0.15, -0.1) is 0 Å². The molecule has 14 heavy (non-hydrogen) atoms. The van der Waals surface area contributed by atoms with Crippen molar-refractivity contribution in [1.29, 1.82) is 0 Å². The van der Waals surface area contributed by atoms with E-state index in [9.17, 15) is 0 Å². The summed E-state index contributed by atoms with van der Waals surface area (Å²) in [6, 6.07) is 0. The first-order valence-electron chi connectivity index (χ1n) is 3.40. The van der Waals surface area contributed by atoms with E-state index in [1.54, 1.807) is 0 Å². The van der Waals surface area contributed by atoms with Crippen molar-refractivity contribution in [3.63, 3.8) is 0 Å². The topological polar surface area (TPSA) is 149 Å². The van der Waals surface area contributed by atoms with Crippen LogP contribution >= 0.6 is 7.82 Å². The Morgan fingerprint density at radius 3 is 1.50 bits per heavy atom. The number of nitrogens with one attached hydrogen (secondary N) is 1. The Labute approximate surface area is 80.0 Å². The lowest BCUT2D eigenvalue weighted by Crippen LogP contribution is -2.19. The Balaban J connectivity index is 0. The van der Waals surface area contributed by atoms with Crippen LogP contribution in [0.25, 0.3) is 0 Å².